The number of carbonyl (C=O) groups is 1. The maximum Gasteiger partial charge on any atom is 0.322 e. The van der Waals surface area contributed by atoms with Gasteiger partial charge in [0, 0.05) is 19.8 Å². The summed E-state index contributed by atoms with van der Waals surface area (Å²) in [5, 5.41) is 3.81. The molecule has 27 heavy (non-hydrogen) atoms. The largest absolute Gasteiger partial charge is 0.322 e. The van der Waals surface area contributed by atoms with E-state index in [9.17, 15) is 9.59 Å². The molecule has 6 nitrogen and oxygen atoms in total. The molecule has 3 heterocycles. The number of likely N-dealkylation sites (tertiary alicyclic amines) is 1. The first-order chi connectivity index (χ1) is 13.0. The number of thiazole rings is 1. The highest BCUT2D eigenvalue weighted by atomic mass is 32.1. The van der Waals surface area contributed by atoms with Crippen molar-refractivity contribution < 1.29 is 4.79 Å². The molecule has 1 aromatic carbocycles. The van der Waals surface area contributed by atoms with E-state index in [-0.39, 0.29) is 17.6 Å². The Balaban J connectivity index is 1.63. The Labute approximate surface area is 161 Å². The van der Waals surface area contributed by atoms with Crippen molar-refractivity contribution in [1.82, 2.24) is 14.5 Å². The number of amides is 2. The van der Waals surface area contributed by atoms with Gasteiger partial charge in [0.2, 0.25) is 0 Å². The highest BCUT2D eigenvalue weighted by Crippen LogP contribution is 2.35. The molecule has 2 aromatic heterocycles. The number of urea groups is 1. The van der Waals surface area contributed by atoms with E-state index in [0.717, 1.165) is 40.1 Å². The van der Waals surface area contributed by atoms with Crippen molar-refractivity contribution in [3.63, 3.8) is 0 Å². The summed E-state index contributed by atoms with van der Waals surface area (Å²) in [4.78, 5) is 32.0. The Morgan fingerprint density at radius 3 is 2.89 bits per heavy atom. The first-order valence-corrected chi connectivity index (χ1v) is 9.95. The third-order valence-electron chi connectivity index (χ3n) is 5.07. The van der Waals surface area contributed by atoms with Gasteiger partial charge in [0.25, 0.3) is 5.56 Å². The fourth-order valence-corrected chi connectivity index (χ4v) is 4.63. The SMILES string of the molecule is Cc1ccn(C)c(=O)c1NC(=O)N1CCCC[C@H]1c1nc2ccccc2s1. The van der Waals surface area contributed by atoms with Crippen molar-refractivity contribution in [2.75, 3.05) is 11.9 Å². The van der Waals surface area contributed by atoms with Crippen LogP contribution >= 0.6 is 11.3 Å². The summed E-state index contributed by atoms with van der Waals surface area (Å²) in [6.07, 6.45) is 4.62. The molecule has 1 N–H and O–H groups in total. The second-order valence-electron chi connectivity index (χ2n) is 6.94. The number of fused-ring (bicyclic) bond motifs is 1. The van der Waals surface area contributed by atoms with Gasteiger partial charge >= 0.3 is 6.03 Å². The summed E-state index contributed by atoms with van der Waals surface area (Å²) in [6.45, 7) is 2.50. The lowest BCUT2D eigenvalue weighted by molar-refractivity contribution is 0.163. The zero-order valence-electron chi connectivity index (χ0n) is 15.4. The van der Waals surface area contributed by atoms with E-state index in [0.29, 0.717) is 12.2 Å². The summed E-state index contributed by atoms with van der Waals surface area (Å²) in [5.74, 6) is 0. The van der Waals surface area contributed by atoms with Crippen LogP contribution in [0.4, 0.5) is 10.5 Å². The number of nitrogens with one attached hydrogen (secondary N) is 1. The molecular weight excluding hydrogens is 360 g/mol. The van der Waals surface area contributed by atoms with Crippen molar-refractivity contribution in [2.24, 2.45) is 7.05 Å². The predicted octanol–water partition coefficient (Wildman–Crippen LogP) is 4.06. The molecule has 1 aliphatic rings. The average molecular weight is 382 g/mol. The minimum atomic E-state index is -0.231. The molecule has 0 aliphatic carbocycles. The van der Waals surface area contributed by atoms with Gasteiger partial charge in [-0.3, -0.25) is 4.79 Å². The van der Waals surface area contributed by atoms with Crippen molar-refractivity contribution in [3.8, 4) is 0 Å². The number of hydrogen-bond acceptors (Lipinski definition) is 4. The molecule has 2 amide bonds. The second kappa shape index (κ2) is 7.15. The average Bonchev–Trinajstić information content (AvgIpc) is 3.12. The van der Waals surface area contributed by atoms with E-state index >= 15 is 0 Å². The van der Waals surface area contributed by atoms with Gasteiger partial charge in [0.1, 0.15) is 10.7 Å². The van der Waals surface area contributed by atoms with Crippen LogP contribution in [0.5, 0.6) is 0 Å². The normalized spacial score (nSPS) is 17.3. The number of piperidine rings is 1. The van der Waals surface area contributed by atoms with Crippen LogP contribution in [0.2, 0.25) is 0 Å². The van der Waals surface area contributed by atoms with Gasteiger partial charge < -0.3 is 14.8 Å². The lowest BCUT2D eigenvalue weighted by Crippen LogP contribution is -2.42. The highest BCUT2D eigenvalue weighted by Gasteiger charge is 2.31. The molecule has 140 valence electrons. The van der Waals surface area contributed by atoms with Crippen molar-refractivity contribution >= 4 is 33.3 Å². The fraction of sp³-hybridized carbons (Fsp3) is 0.350. The molecule has 1 aliphatic heterocycles. The number of pyridine rings is 1. The Kier molecular flexibility index (Phi) is 4.70. The Hall–Kier alpha value is -2.67. The molecule has 0 spiro atoms. The summed E-state index contributed by atoms with van der Waals surface area (Å²) >= 11 is 1.64. The van der Waals surface area contributed by atoms with Gasteiger partial charge in [0.05, 0.1) is 16.3 Å². The molecule has 0 unspecified atom stereocenters. The molecule has 0 radical (unpaired) electrons. The maximum absolute atomic E-state index is 13.0. The van der Waals surface area contributed by atoms with Gasteiger partial charge in [-0.05, 0) is 49.9 Å². The topological polar surface area (TPSA) is 67.2 Å². The minimum Gasteiger partial charge on any atom is -0.317 e. The Morgan fingerprint density at radius 2 is 2.07 bits per heavy atom. The summed E-state index contributed by atoms with van der Waals surface area (Å²) in [6, 6.07) is 9.59. The van der Waals surface area contributed by atoms with Crippen LogP contribution in [0.25, 0.3) is 10.2 Å². The summed E-state index contributed by atoms with van der Waals surface area (Å²) in [7, 11) is 1.68. The summed E-state index contributed by atoms with van der Waals surface area (Å²) < 4.78 is 2.61. The van der Waals surface area contributed by atoms with Crippen LogP contribution in [0.1, 0.15) is 35.9 Å². The molecule has 1 fully saturated rings. The van der Waals surface area contributed by atoms with Crippen LogP contribution in [0.3, 0.4) is 0 Å². The zero-order valence-corrected chi connectivity index (χ0v) is 16.3. The van der Waals surface area contributed by atoms with Crippen molar-refractivity contribution in [3.05, 3.63) is 57.5 Å². The number of anilines is 1. The van der Waals surface area contributed by atoms with E-state index < -0.39 is 0 Å². The molecule has 1 saturated heterocycles. The van der Waals surface area contributed by atoms with Crippen molar-refractivity contribution in [1.29, 1.82) is 0 Å². The monoisotopic (exact) mass is 382 g/mol. The standard InChI is InChI=1S/C20H22N4O2S/c1-13-10-12-23(2)19(25)17(13)22-20(26)24-11-6-5-8-15(24)18-21-14-7-3-4-9-16(14)27-18/h3-4,7,9-10,12,15H,5-6,8,11H2,1-2H3,(H,22,26)/t15-/m0/s1. The van der Waals surface area contributed by atoms with E-state index in [1.807, 2.05) is 36.1 Å². The van der Waals surface area contributed by atoms with Gasteiger partial charge in [0.15, 0.2) is 0 Å². The molecule has 1 atom stereocenters. The minimum absolute atomic E-state index is 0.0518. The predicted molar refractivity (Wildman–Crippen MR) is 108 cm³/mol. The number of nitrogens with zero attached hydrogens (tertiary/aromatic N) is 3. The summed E-state index contributed by atoms with van der Waals surface area (Å²) in [5.41, 5.74) is 1.88. The molecular formula is C20H22N4O2S. The highest BCUT2D eigenvalue weighted by molar-refractivity contribution is 7.18. The number of aryl methyl sites for hydroxylation is 2. The van der Waals surface area contributed by atoms with E-state index in [4.69, 9.17) is 4.98 Å². The van der Waals surface area contributed by atoms with Crippen LogP contribution in [0.15, 0.2) is 41.3 Å². The van der Waals surface area contributed by atoms with Crippen molar-refractivity contribution in [2.45, 2.75) is 32.2 Å². The third kappa shape index (κ3) is 3.35. The fourth-order valence-electron chi connectivity index (χ4n) is 3.51. The number of benzene rings is 1. The lowest BCUT2D eigenvalue weighted by Gasteiger charge is -2.34. The van der Waals surface area contributed by atoms with E-state index in [2.05, 4.69) is 11.4 Å². The molecule has 4 rings (SSSR count). The molecule has 0 saturated carbocycles. The maximum atomic E-state index is 13.0. The molecule has 0 bridgehead atoms. The van der Waals surface area contributed by atoms with Crippen LogP contribution in [-0.4, -0.2) is 27.0 Å². The van der Waals surface area contributed by atoms with Gasteiger partial charge in [-0.1, -0.05) is 12.1 Å². The van der Waals surface area contributed by atoms with Gasteiger partial charge in [-0.25, -0.2) is 9.78 Å². The first kappa shape index (κ1) is 17.7. The zero-order chi connectivity index (χ0) is 19.0. The second-order valence-corrected chi connectivity index (χ2v) is 8.01. The van der Waals surface area contributed by atoms with Crippen LogP contribution in [-0.2, 0) is 7.05 Å². The number of para-hydroxylation sites is 1. The number of hydrogen-bond donors (Lipinski definition) is 1. The van der Waals surface area contributed by atoms with Crippen LogP contribution < -0.4 is 10.9 Å². The van der Waals surface area contributed by atoms with Crippen LogP contribution in [0, 0.1) is 6.92 Å². The van der Waals surface area contributed by atoms with E-state index in [1.54, 1.807) is 24.6 Å². The number of carbonyl (C=O) groups excluding carboxylic acids is 1. The van der Waals surface area contributed by atoms with Gasteiger partial charge in [-0.15, -0.1) is 11.3 Å². The smallest absolute Gasteiger partial charge is 0.317 e. The number of rotatable bonds is 2. The Bertz CT molecular complexity index is 1020. The van der Waals surface area contributed by atoms with E-state index in [1.165, 1.54) is 4.57 Å². The third-order valence-corrected chi connectivity index (χ3v) is 6.21. The molecule has 7 heteroatoms. The molecule has 3 aromatic rings. The first-order valence-electron chi connectivity index (χ1n) is 9.14. The number of aromatic nitrogens is 2. The lowest BCUT2D eigenvalue weighted by atomic mass is 10.0. The Morgan fingerprint density at radius 1 is 1.26 bits per heavy atom. The van der Waals surface area contributed by atoms with Gasteiger partial charge in [-0.2, -0.15) is 0 Å². The quantitative estimate of drug-likeness (QED) is 0.727.